The van der Waals surface area contributed by atoms with Crippen molar-refractivity contribution in [2.75, 3.05) is 25.0 Å². The minimum Gasteiger partial charge on any atom is -0.328 e. The first-order valence-corrected chi connectivity index (χ1v) is 7.46. The first-order chi connectivity index (χ1) is 9.56. The van der Waals surface area contributed by atoms with Crippen LogP contribution in [0.2, 0.25) is 5.02 Å². The van der Waals surface area contributed by atoms with E-state index in [-0.39, 0.29) is 24.4 Å². The molecule has 2 unspecified atom stereocenters. The van der Waals surface area contributed by atoms with Crippen LogP contribution in [0.4, 0.5) is 5.69 Å². The topological polar surface area (TPSA) is 58.4 Å². The van der Waals surface area contributed by atoms with Crippen LogP contribution in [0.15, 0.2) is 24.3 Å². The summed E-state index contributed by atoms with van der Waals surface area (Å²) in [7, 11) is 0. The van der Waals surface area contributed by atoms with Gasteiger partial charge >= 0.3 is 0 Å². The maximum absolute atomic E-state index is 12.1. The zero-order valence-corrected chi connectivity index (χ0v) is 13.8. The summed E-state index contributed by atoms with van der Waals surface area (Å²) in [6.45, 7) is 4.29. The van der Waals surface area contributed by atoms with Gasteiger partial charge in [-0.2, -0.15) is 0 Å². The molecular weight excluding hydrogens is 309 g/mol. The highest BCUT2D eigenvalue weighted by molar-refractivity contribution is 6.33. The van der Waals surface area contributed by atoms with Gasteiger partial charge in [0.2, 0.25) is 5.91 Å². The standard InChI is InChI=1S/C15H22ClN3O.ClH/c1-11(17)12-5-4-8-19(9-12)10-15(20)18-14-7-3-2-6-13(14)16;/h2-3,6-7,11-12H,4-5,8-10,17H2,1H3,(H,18,20);1H. The van der Waals surface area contributed by atoms with E-state index in [2.05, 4.69) is 10.2 Å². The summed E-state index contributed by atoms with van der Waals surface area (Å²) in [6, 6.07) is 7.46. The van der Waals surface area contributed by atoms with Crippen LogP contribution in [-0.2, 0) is 4.79 Å². The second-order valence-electron chi connectivity index (χ2n) is 5.52. The minimum absolute atomic E-state index is 0. The summed E-state index contributed by atoms with van der Waals surface area (Å²) in [5.41, 5.74) is 6.63. The molecule has 1 fully saturated rings. The molecule has 4 nitrogen and oxygen atoms in total. The van der Waals surface area contributed by atoms with Crippen molar-refractivity contribution in [3.63, 3.8) is 0 Å². The number of piperidine rings is 1. The Labute approximate surface area is 137 Å². The number of halogens is 2. The Kier molecular flexibility index (Phi) is 7.46. The average molecular weight is 332 g/mol. The number of likely N-dealkylation sites (tertiary alicyclic amines) is 1. The average Bonchev–Trinajstić information content (AvgIpc) is 2.41. The summed E-state index contributed by atoms with van der Waals surface area (Å²) in [6.07, 6.45) is 2.26. The number of nitrogens with zero attached hydrogens (tertiary/aromatic N) is 1. The van der Waals surface area contributed by atoms with E-state index in [1.807, 2.05) is 19.1 Å². The van der Waals surface area contributed by atoms with Crippen LogP contribution in [0.25, 0.3) is 0 Å². The van der Waals surface area contributed by atoms with E-state index in [4.69, 9.17) is 17.3 Å². The zero-order chi connectivity index (χ0) is 14.5. The number of hydrogen-bond acceptors (Lipinski definition) is 3. The number of carbonyl (C=O) groups is 1. The van der Waals surface area contributed by atoms with Gasteiger partial charge in [0.1, 0.15) is 0 Å². The number of para-hydroxylation sites is 1. The summed E-state index contributed by atoms with van der Waals surface area (Å²) >= 11 is 6.03. The molecule has 1 aromatic rings. The largest absolute Gasteiger partial charge is 0.328 e. The maximum atomic E-state index is 12.1. The van der Waals surface area contributed by atoms with Gasteiger partial charge in [-0.3, -0.25) is 9.69 Å². The molecule has 1 saturated heterocycles. The highest BCUT2D eigenvalue weighted by Gasteiger charge is 2.23. The van der Waals surface area contributed by atoms with Crippen LogP contribution >= 0.6 is 24.0 Å². The second kappa shape index (κ2) is 8.59. The quantitative estimate of drug-likeness (QED) is 0.891. The molecular formula is C15H23Cl2N3O. The van der Waals surface area contributed by atoms with Gasteiger partial charge in [-0.25, -0.2) is 0 Å². The third-order valence-corrected chi connectivity index (χ3v) is 4.13. The highest BCUT2D eigenvalue weighted by atomic mass is 35.5. The molecule has 0 spiro atoms. The van der Waals surface area contributed by atoms with Gasteiger partial charge in [-0.1, -0.05) is 23.7 Å². The van der Waals surface area contributed by atoms with Crippen LogP contribution in [0.5, 0.6) is 0 Å². The Balaban J connectivity index is 0.00000220. The van der Waals surface area contributed by atoms with Crippen molar-refractivity contribution in [2.24, 2.45) is 11.7 Å². The predicted octanol–water partition coefficient (Wildman–Crippen LogP) is 2.76. The molecule has 1 amide bonds. The number of carbonyl (C=O) groups excluding carboxylic acids is 1. The van der Waals surface area contributed by atoms with E-state index in [0.717, 1.165) is 25.9 Å². The van der Waals surface area contributed by atoms with Crippen LogP contribution in [0, 0.1) is 5.92 Å². The molecule has 0 aliphatic carbocycles. The first kappa shape index (κ1) is 18.2. The fourth-order valence-corrected chi connectivity index (χ4v) is 2.80. The summed E-state index contributed by atoms with van der Waals surface area (Å²) in [5.74, 6) is 0.459. The Morgan fingerprint density at radius 2 is 2.24 bits per heavy atom. The molecule has 2 atom stereocenters. The van der Waals surface area contributed by atoms with Crippen molar-refractivity contribution in [3.8, 4) is 0 Å². The molecule has 1 aliphatic heterocycles. The maximum Gasteiger partial charge on any atom is 0.238 e. The molecule has 2 rings (SSSR count). The molecule has 1 aliphatic rings. The lowest BCUT2D eigenvalue weighted by Crippen LogP contribution is -2.45. The predicted molar refractivity (Wildman–Crippen MR) is 90.1 cm³/mol. The summed E-state index contributed by atoms with van der Waals surface area (Å²) in [5, 5.41) is 3.42. The number of anilines is 1. The molecule has 21 heavy (non-hydrogen) atoms. The van der Waals surface area contributed by atoms with E-state index >= 15 is 0 Å². The number of amides is 1. The third kappa shape index (κ3) is 5.47. The van der Waals surface area contributed by atoms with Crippen LogP contribution in [0.1, 0.15) is 19.8 Å². The van der Waals surface area contributed by atoms with Gasteiger partial charge in [-0.15, -0.1) is 12.4 Å². The molecule has 6 heteroatoms. The fourth-order valence-electron chi connectivity index (χ4n) is 2.62. The van der Waals surface area contributed by atoms with Gasteiger partial charge in [-0.05, 0) is 44.4 Å². The third-order valence-electron chi connectivity index (χ3n) is 3.80. The van der Waals surface area contributed by atoms with Crippen molar-refractivity contribution >= 4 is 35.6 Å². The molecule has 1 heterocycles. The Morgan fingerprint density at radius 3 is 2.90 bits per heavy atom. The van der Waals surface area contributed by atoms with Gasteiger partial charge in [0.25, 0.3) is 0 Å². The Bertz CT molecular complexity index is 468. The van der Waals surface area contributed by atoms with Gasteiger partial charge in [0.05, 0.1) is 17.3 Å². The second-order valence-corrected chi connectivity index (χ2v) is 5.93. The molecule has 0 saturated carbocycles. The Morgan fingerprint density at radius 1 is 1.52 bits per heavy atom. The normalized spacial score (nSPS) is 20.4. The SMILES string of the molecule is CC(N)C1CCCN(CC(=O)Nc2ccccc2Cl)C1.Cl. The summed E-state index contributed by atoms with van der Waals surface area (Å²) in [4.78, 5) is 14.2. The highest BCUT2D eigenvalue weighted by Crippen LogP contribution is 2.21. The van der Waals surface area contributed by atoms with E-state index in [9.17, 15) is 4.79 Å². The number of nitrogens with two attached hydrogens (primary N) is 1. The number of rotatable bonds is 4. The fraction of sp³-hybridized carbons (Fsp3) is 0.533. The lowest BCUT2D eigenvalue weighted by atomic mass is 9.92. The van der Waals surface area contributed by atoms with Crippen molar-refractivity contribution in [2.45, 2.75) is 25.8 Å². The number of benzene rings is 1. The lowest BCUT2D eigenvalue weighted by molar-refractivity contribution is -0.117. The number of hydrogen-bond donors (Lipinski definition) is 2. The molecule has 1 aromatic carbocycles. The smallest absolute Gasteiger partial charge is 0.238 e. The van der Waals surface area contributed by atoms with E-state index in [1.165, 1.54) is 0 Å². The van der Waals surface area contributed by atoms with E-state index < -0.39 is 0 Å². The number of nitrogens with one attached hydrogen (secondary N) is 1. The van der Waals surface area contributed by atoms with E-state index in [0.29, 0.717) is 23.2 Å². The molecule has 0 aromatic heterocycles. The van der Waals surface area contributed by atoms with E-state index in [1.54, 1.807) is 12.1 Å². The van der Waals surface area contributed by atoms with Crippen molar-refractivity contribution in [1.29, 1.82) is 0 Å². The monoisotopic (exact) mass is 331 g/mol. The Hall–Kier alpha value is -0.810. The minimum atomic E-state index is -0.0246. The summed E-state index contributed by atoms with van der Waals surface area (Å²) < 4.78 is 0. The van der Waals surface area contributed by atoms with Gasteiger partial charge < -0.3 is 11.1 Å². The van der Waals surface area contributed by atoms with Crippen LogP contribution in [0.3, 0.4) is 0 Å². The van der Waals surface area contributed by atoms with Crippen LogP contribution in [-0.4, -0.2) is 36.5 Å². The molecule has 0 radical (unpaired) electrons. The zero-order valence-electron chi connectivity index (χ0n) is 12.2. The van der Waals surface area contributed by atoms with Gasteiger partial charge in [0.15, 0.2) is 0 Å². The van der Waals surface area contributed by atoms with Crippen molar-refractivity contribution in [1.82, 2.24) is 4.90 Å². The van der Waals surface area contributed by atoms with Crippen LogP contribution < -0.4 is 11.1 Å². The first-order valence-electron chi connectivity index (χ1n) is 7.08. The molecule has 118 valence electrons. The lowest BCUT2D eigenvalue weighted by Gasteiger charge is -2.34. The molecule has 0 bridgehead atoms. The molecule has 3 N–H and O–H groups in total. The van der Waals surface area contributed by atoms with Crippen molar-refractivity contribution < 1.29 is 4.79 Å². The van der Waals surface area contributed by atoms with Gasteiger partial charge in [0, 0.05) is 12.6 Å². The van der Waals surface area contributed by atoms with Crippen molar-refractivity contribution in [3.05, 3.63) is 29.3 Å².